The zero-order chi connectivity index (χ0) is 23.7. The van der Waals surface area contributed by atoms with E-state index in [2.05, 4.69) is 25.9 Å². The van der Waals surface area contributed by atoms with Gasteiger partial charge in [0, 0.05) is 13.6 Å². The molecule has 1 aromatic heterocycles. The lowest BCUT2D eigenvalue weighted by Gasteiger charge is -2.27. The van der Waals surface area contributed by atoms with Crippen LogP contribution in [0.3, 0.4) is 0 Å². The third-order valence-electron chi connectivity index (χ3n) is 4.46. The summed E-state index contributed by atoms with van der Waals surface area (Å²) in [6.07, 6.45) is -1.01. The number of aromatic nitrogens is 2. The van der Waals surface area contributed by atoms with E-state index in [1.807, 2.05) is 0 Å². The van der Waals surface area contributed by atoms with Gasteiger partial charge in [-0.25, -0.2) is 18.8 Å². The fourth-order valence-electron chi connectivity index (χ4n) is 3.23. The van der Waals surface area contributed by atoms with Crippen molar-refractivity contribution >= 4 is 39.6 Å². The predicted octanol–water partition coefficient (Wildman–Crippen LogP) is 5.09. The first kappa shape index (κ1) is 24.9. The molecule has 11 heteroatoms. The quantitative estimate of drug-likeness (QED) is 0.538. The lowest BCUT2D eigenvalue weighted by Crippen LogP contribution is -2.41. The van der Waals surface area contributed by atoms with Crippen molar-refractivity contribution < 1.29 is 23.5 Å². The van der Waals surface area contributed by atoms with Crippen molar-refractivity contribution in [2.24, 2.45) is 0 Å². The topological polar surface area (TPSA) is 81.3 Å². The summed E-state index contributed by atoms with van der Waals surface area (Å²) in [5, 5.41) is 4.37. The summed E-state index contributed by atoms with van der Waals surface area (Å²) in [4.78, 5) is 31.3. The van der Waals surface area contributed by atoms with Gasteiger partial charge in [0.25, 0.3) is 5.69 Å². The minimum atomic E-state index is -0.745. The highest BCUT2D eigenvalue weighted by molar-refractivity contribution is 9.10. The summed E-state index contributed by atoms with van der Waals surface area (Å²) >= 11 is 3.27. The Hall–Kier alpha value is -2.35. The van der Waals surface area contributed by atoms with Gasteiger partial charge in [-0.1, -0.05) is 0 Å². The molecule has 0 bridgehead atoms. The molecule has 1 fully saturated rings. The molecule has 0 aliphatic carbocycles. The molecule has 1 aliphatic heterocycles. The first-order chi connectivity index (χ1) is 14.2. The zero-order valence-electron chi connectivity index (χ0n) is 18.9. The summed E-state index contributed by atoms with van der Waals surface area (Å²) in [7, 11) is 1.48. The van der Waals surface area contributed by atoms with Gasteiger partial charge in [0.1, 0.15) is 28.3 Å². The molecule has 0 aromatic carbocycles. The van der Waals surface area contributed by atoms with Crippen LogP contribution in [0.5, 0.6) is 0 Å². The number of ether oxygens (including phenoxy) is 2. The first-order valence-corrected chi connectivity index (χ1v) is 10.7. The van der Waals surface area contributed by atoms with Gasteiger partial charge in [0.15, 0.2) is 0 Å². The summed E-state index contributed by atoms with van der Waals surface area (Å²) < 4.78 is 26.3. The van der Waals surface area contributed by atoms with Crippen molar-refractivity contribution in [3.05, 3.63) is 16.0 Å². The predicted molar refractivity (Wildman–Crippen MR) is 117 cm³/mol. The van der Waals surface area contributed by atoms with Crippen molar-refractivity contribution in [1.82, 2.24) is 14.7 Å². The molecular formula is C20H29BrFN5O4. The standard InChI is InChI=1S/C20H29BrFN5O4/c1-19(2,3)30-17(28)25(8)16-14(23-7)15(21)24-27(16)13-9-12(10-22)26(11-13)18(29)31-20(4,5)6/h12-13H,9-11H2,1-6,8H3/t12-,13-/m0/s1. The van der Waals surface area contributed by atoms with Crippen molar-refractivity contribution in [2.75, 3.05) is 25.2 Å². The van der Waals surface area contributed by atoms with E-state index in [1.165, 1.54) is 21.5 Å². The van der Waals surface area contributed by atoms with Crippen LogP contribution in [0.4, 0.5) is 25.5 Å². The van der Waals surface area contributed by atoms with Crippen LogP contribution in [0, 0.1) is 6.57 Å². The zero-order valence-corrected chi connectivity index (χ0v) is 20.5. The van der Waals surface area contributed by atoms with Crippen LogP contribution in [0.15, 0.2) is 4.60 Å². The van der Waals surface area contributed by atoms with Gasteiger partial charge in [-0.05, 0) is 63.9 Å². The van der Waals surface area contributed by atoms with E-state index in [9.17, 15) is 14.0 Å². The molecule has 0 spiro atoms. The molecule has 172 valence electrons. The van der Waals surface area contributed by atoms with E-state index in [0.717, 1.165) is 0 Å². The number of hydrogen-bond donors (Lipinski definition) is 0. The Labute approximate surface area is 190 Å². The molecule has 0 saturated carbocycles. The largest absolute Gasteiger partial charge is 0.444 e. The van der Waals surface area contributed by atoms with E-state index < -0.39 is 42.1 Å². The second-order valence-corrected chi connectivity index (χ2v) is 10.1. The molecule has 31 heavy (non-hydrogen) atoms. The van der Waals surface area contributed by atoms with Crippen molar-refractivity contribution in [3.63, 3.8) is 0 Å². The second kappa shape index (κ2) is 9.02. The van der Waals surface area contributed by atoms with Crippen molar-refractivity contribution in [3.8, 4) is 0 Å². The minimum absolute atomic E-state index is 0.126. The highest BCUT2D eigenvalue weighted by atomic mass is 79.9. The van der Waals surface area contributed by atoms with Crippen LogP contribution in [-0.4, -0.2) is 64.4 Å². The Bertz CT molecular complexity index is 884. The third-order valence-corrected chi connectivity index (χ3v) is 5.00. The summed E-state index contributed by atoms with van der Waals surface area (Å²) in [5.41, 5.74) is -1.32. The summed E-state index contributed by atoms with van der Waals surface area (Å²) in [6.45, 7) is 17.3. The Kier molecular flexibility index (Phi) is 7.25. The fourth-order valence-corrected chi connectivity index (χ4v) is 3.67. The van der Waals surface area contributed by atoms with Crippen molar-refractivity contribution in [2.45, 2.75) is 71.2 Å². The van der Waals surface area contributed by atoms with Gasteiger partial charge in [0.2, 0.25) is 0 Å². The van der Waals surface area contributed by atoms with E-state index in [-0.39, 0.29) is 29.1 Å². The number of likely N-dealkylation sites (tertiary alicyclic amines) is 1. The van der Waals surface area contributed by atoms with Crippen LogP contribution in [0.1, 0.15) is 54.0 Å². The maximum Gasteiger partial charge on any atom is 0.414 e. The number of halogens is 2. The van der Waals surface area contributed by atoms with E-state index in [0.29, 0.717) is 0 Å². The monoisotopic (exact) mass is 501 g/mol. The number of rotatable bonds is 3. The fraction of sp³-hybridized carbons (Fsp3) is 0.700. The Morgan fingerprint density at radius 3 is 2.32 bits per heavy atom. The number of alkyl halides is 1. The van der Waals surface area contributed by atoms with Gasteiger partial charge in [-0.2, -0.15) is 5.10 Å². The molecule has 9 nitrogen and oxygen atoms in total. The van der Waals surface area contributed by atoms with Crippen molar-refractivity contribution in [1.29, 1.82) is 0 Å². The molecule has 2 heterocycles. The average molecular weight is 502 g/mol. The van der Waals surface area contributed by atoms with Gasteiger partial charge in [-0.3, -0.25) is 9.58 Å². The smallest absolute Gasteiger partial charge is 0.414 e. The lowest BCUT2D eigenvalue weighted by atomic mass is 10.2. The molecule has 1 saturated heterocycles. The van der Waals surface area contributed by atoms with Gasteiger partial charge < -0.3 is 14.4 Å². The van der Waals surface area contributed by atoms with Crippen LogP contribution in [0.2, 0.25) is 0 Å². The van der Waals surface area contributed by atoms with Gasteiger partial charge >= 0.3 is 12.2 Å². The van der Waals surface area contributed by atoms with E-state index in [4.69, 9.17) is 16.0 Å². The normalized spacial score (nSPS) is 19.2. The SMILES string of the molecule is [C-]#[N+]c1c(Br)nn([C@H]2C[C@@H](CF)N(C(=O)OC(C)(C)C)C2)c1N(C)C(=O)OC(C)(C)C. The van der Waals surface area contributed by atoms with Crippen LogP contribution in [-0.2, 0) is 9.47 Å². The molecule has 2 atom stereocenters. The molecule has 1 aromatic rings. The first-order valence-electron chi connectivity index (χ1n) is 9.86. The van der Waals surface area contributed by atoms with Gasteiger partial charge in [-0.15, -0.1) is 0 Å². The summed E-state index contributed by atoms with van der Waals surface area (Å²) in [5.74, 6) is 0.213. The Morgan fingerprint density at radius 1 is 1.26 bits per heavy atom. The van der Waals surface area contributed by atoms with Crippen LogP contribution < -0.4 is 4.90 Å². The highest BCUT2D eigenvalue weighted by Crippen LogP contribution is 2.41. The highest BCUT2D eigenvalue weighted by Gasteiger charge is 2.41. The number of carbonyl (C=O) groups excluding carboxylic acids is 2. The lowest BCUT2D eigenvalue weighted by molar-refractivity contribution is 0.0202. The molecule has 0 radical (unpaired) electrons. The number of amides is 2. The maximum atomic E-state index is 13.7. The number of anilines is 1. The average Bonchev–Trinajstić information content (AvgIpc) is 3.18. The molecule has 2 amide bonds. The summed E-state index contributed by atoms with van der Waals surface area (Å²) in [6, 6.07) is -1.15. The van der Waals surface area contributed by atoms with Crippen LogP contribution >= 0.6 is 15.9 Å². The van der Waals surface area contributed by atoms with Crippen LogP contribution in [0.25, 0.3) is 4.85 Å². The molecular weight excluding hydrogens is 473 g/mol. The number of carbonyl (C=O) groups is 2. The Morgan fingerprint density at radius 2 is 1.84 bits per heavy atom. The maximum absolute atomic E-state index is 13.7. The van der Waals surface area contributed by atoms with E-state index in [1.54, 1.807) is 41.5 Å². The molecule has 1 aliphatic rings. The number of nitrogens with zero attached hydrogens (tertiary/aromatic N) is 5. The van der Waals surface area contributed by atoms with E-state index >= 15 is 0 Å². The number of hydrogen-bond acceptors (Lipinski definition) is 5. The molecule has 2 rings (SSSR count). The molecule has 0 unspecified atom stereocenters. The third kappa shape index (κ3) is 5.87. The molecule has 0 N–H and O–H groups in total. The Balaban J connectivity index is 2.40. The second-order valence-electron chi connectivity index (χ2n) is 9.39. The van der Waals surface area contributed by atoms with Gasteiger partial charge in [0.05, 0.1) is 18.7 Å². The minimum Gasteiger partial charge on any atom is -0.444 e.